The van der Waals surface area contributed by atoms with Gasteiger partial charge in [-0.3, -0.25) is 4.79 Å². The molecule has 0 heterocycles. The van der Waals surface area contributed by atoms with Crippen molar-refractivity contribution < 1.29 is 13.9 Å². The molecule has 5 heteroatoms. The molecule has 1 fully saturated rings. The van der Waals surface area contributed by atoms with E-state index in [1.807, 2.05) is 0 Å². The third-order valence-corrected chi connectivity index (χ3v) is 3.90. The van der Waals surface area contributed by atoms with Crippen LogP contribution in [0.2, 0.25) is 0 Å². The first-order valence-electron chi connectivity index (χ1n) is 6.90. The molecule has 1 amide bonds. The molecule has 0 spiro atoms. The Morgan fingerprint density at radius 2 is 2.00 bits per heavy atom. The third-order valence-electron chi connectivity index (χ3n) is 3.90. The Bertz CT molecular complexity index is 455. The molecule has 1 aliphatic carbocycles. The minimum atomic E-state index is -0.682. The molecular weight excluding hydrogens is 259 g/mol. The second-order valence-corrected chi connectivity index (χ2v) is 5.35. The number of rotatable bonds is 5. The maximum atomic E-state index is 13.1. The molecule has 2 rings (SSSR count). The van der Waals surface area contributed by atoms with Crippen LogP contribution in [0.3, 0.4) is 0 Å². The molecule has 3 N–H and O–H groups in total. The van der Waals surface area contributed by atoms with Crippen LogP contribution in [0.15, 0.2) is 24.3 Å². The number of hydrogen-bond donors (Lipinski definition) is 2. The van der Waals surface area contributed by atoms with E-state index in [9.17, 15) is 9.18 Å². The van der Waals surface area contributed by atoms with Gasteiger partial charge in [0.25, 0.3) is 0 Å². The predicted octanol–water partition coefficient (Wildman–Crippen LogP) is 1.68. The number of benzene rings is 1. The minimum absolute atomic E-state index is 0.186. The van der Waals surface area contributed by atoms with E-state index in [0.29, 0.717) is 0 Å². The Labute approximate surface area is 118 Å². The fourth-order valence-electron chi connectivity index (χ4n) is 2.82. The van der Waals surface area contributed by atoms with E-state index in [1.165, 1.54) is 19.2 Å². The molecule has 1 aromatic carbocycles. The van der Waals surface area contributed by atoms with Crippen molar-refractivity contribution in [2.75, 3.05) is 13.7 Å². The molecular formula is C15H21FN2O2. The fourth-order valence-corrected chi connectivity index (χ4v) is 2.82. The predicted molar refractivity (Wildman–Crippen MR) is 74.5 cm³/mol. The maximum absolute atomic E-state index is 13.1. The molecule has 1 unspecified atom stereocenters. The average Bonchev–Trinajstić information content (AvgIpc) is 2.89. The highest BCUT2D eigenvalue weighted by Gasteiger charge is 2.37. The lowest BCUT2D eigenvalue weighted by Gasteiger charge is -2.32. The summed E-state index contributed by atoms with van der Waals surface area (Å²) in [6.45, 7) is 0.186. The van der Waals surface area contributed by atoms with Crippen LogP contribution in [0.4, 0.5) is 4.39 Å². The summed E-state index contributed by atoms with van der Waals surface area (Å²) in [7, 11) is 1.51. The number of nitrogens with one attached hydrogen (secondary N) is 1. The number of carbonyl (C=O) groups is 1. The molecule has 20 heavy (non-hydrogen) atoms. The quantitative estimate of drug-likeness (QED) is 0.862. The van der Waals surface area contributed by atoms with Gasteiger partial charge in [0.15, 0.2) is 0 Å². The van der Waals surface area contributed by atoms with E-state index in [1.54, 1.807) is 12.1 Å². The van der Waals surface area contributed by atoms with Gasteiger partial charge in [-0.25, -0.2) is 4.39 Å². The largest absolute Gasteiger partial charge is 0.383 e. The molecule has 1 aromatic rings. The van der Waals surface area contributed by atoms with Crippen LogP contribution in [0.25, 0.3) is 0 Å². The van der Waals surface area contributed by atoms with Crippen molar-refractivity contribution in [3.8, 4) is 0 Å². The number of carbonyl (C=O) groups excluding carboxylic acids is 1. The van der Waals surface area contributed by atoms with E-state index in [4.69, 9.17) is 10.5 Å². The molecule has 1 saturated carbocycles. The van der Waals surface area contributed by atoms with Crippen molar-refractivity contribution in [3.05, 3.63) is 35.6 Å². The van der Waals surface area contributed by atoms with Gasteiger partial charge >= 0.3 is 0 Å². The highest BCUT2D eigenvalue weighted by Crippen LogP contribution is 2.38. The second kappa shape index (κ2) is 6.33. The number of methoxy groups -OCH3 is 1. The average molecular weight is 280 g/mol. The van der Waals surface area contributed by atoms with Crippen LogP contribution in [-0.4, -0.2) is 25.7 Å². The van der Waals surface area contributed by atoms with Crippen molar-refractivity contribution in [3.63, 3.8) is 0 Å². The van der Waals surface area contributed by atoms with Crippen LogP contribution < -0.4 is 11.1 Å². The van der Waals surface area contributed by atoms with Crippen molar-refractivity contribution >= 4 is 5.91 Å². The lowest BCUT2D eigenvalue weighted by atomic mass is 9.87. The number of amides is 1. The Hall–Kier alpha value is -1.46. The van der Waals surface area contributed by atoms with Crippen LogP contribution in [0.1, 0.15) is 31.2 Å². The van der Waals surface area contributed by atoms with Gasteiger partial charge in [0.05, 0.1) is 12.1 Å². The van der Waals surface area contributed by atoms with Crippen molar-refractivity contribution in [1.29, 1.82) is 0 Å². The van der Waals surface area contributed by atoms with Crippen LogP contribution in [0, 0.1) is 5.82 Å². The van der Waals surface area contributed by atoms with E-state index in [-0.39, 0.29) is 18.3 Å². The molecule has 110 valence electrons. The molecule has 1 atom stereocenters. The normalized spacial score (nSPS) is 18.8. The summed E-state index contributed by atoms with van der Waals surface area (Å²) in [6, 6.07) is 5.65. The van der Waals surface area contributed by atoms with Gasteiger partial charge in [0.2, 0.25) is 5.91 Å². The summed E-state index contributed by atoms with van der Waals surface area (Å²) in [5.74, 6) is -0.498. The Morgan fingerprint density at radius 3 is 2.55 bits per heavy atom. The molecule has 0 aliphatic heterocycles. The molecule has 0 radical (unpaired) electrons. The van der Waals surface area contributed by atoms with Crippen LogP contribution >= 0.6 is 0 Å². The van der Waals surface area contributed by atoms with Gasteiger partial charge in [0, 0.05) is 7.11 Å². The highest BCUT2D eigenvalue weighted by molar-refractivity contribution is 5.82. The first-order chi connectivity index (χ1) is 9.57. The van der Waals surface area contributed by atoms with E-state index in [2.05, 4.69) is 5.32 Å². The Morgan fingerprint density at radius 1 is 1.40 bits per heavy atom. The third kappa shape index (κ3) is 3.16. The van der Waals surface area contributed by atoms with Gasteiger partial charge < -0.3 is 15.8 Å². The summed E-state index contributed by atoms with van der Waals surface area (Å²) in [5, 5.41) is 3.05. The van der Waals surface area contributed by atoms with Gasteiger partial charge in [-0.1, -0.05) is 25.0 Å². The zero-order chi connectivity index (χ0) is 14.6. The Balaban J connectivity index is 2.18. The lowest BCUT2D eigenvalue weighted by molar-refractivity contribution is -0.125. The van der Waals surface area contributed by atoms with Crippen molar-refractivity contribution in [2.45, 2.75) is 37.3 Å². The fraction of sp³-hybridized carbons (Fsp3) is 0.533. The highest BCUT2D eigenvalue weighted by atomic mass is 19.1. The van der Waals surface area contributed by atoms with Gasteiger partial charge in [-0.2, -0.15) is 0 Å². The molecule has 0 bridgehead atoms. The standard InChI is InChI=1S/C15H21FN2O2/c1-20-10-13(17)14(19)18-15(8-2-3-9-15)11-4-6-12(16)7-5-11/h4-7,13H,2-3,8-10,17H2,1H3,(H,18,19). The first-order valence-corrected chi connectivity index (χ1v) is 6.90. The molecule has 4 nitrogen and oxygen atoms in total. The van der Waals surface area contributed by atoms with Crippen LogP contribution in [-0.2, 0) is 15.1 Å². The number of ether oxygens (including phenoxy) is 1. The van der Waals surface area contributed by atoms with Gasteiger partial charge in [-0.15, -0.1) is 0 Å². The monoisotopic (exact) mass is 280 g/mol. The van der Waals surface area contributed by atoms with Gasteiger partial charge in [0.1, 0.15) is 11.9 Å². The van der Waals surface area contributed by atoms with Gasteiger partial charge in [-0.05, 0) is 30.5 Å². The summed E-state index contributed by atoms with van der Waals surface area (Å²) in [6.07, 6.45) is 3.78. The smallest absolute Gasteiger partial charge is 0.239 e. The van der Waals surface area contributed by atoms with Crippen molar-refractivity contribution in [1.82, 2.24) is 5.32 Å². The molecule has 1 aliphatic rings. The van der Waals surface area contributed by atoms with Crippen molar-refractivity contribution in [2.24, 2.45) is 5.73 Å². The SMILES string of the molecule is COCC(N)C(=O)NC1(c2ccc(F)cc2)CCCC1. The molecule has 0 aromatic heterocycles. The summed E-state index contributed by atoms with van der Waals surface area (Å²) < 4.78 is 18.0. The molecule has 0 saturated heterocycles. The number of nitrogens with two attached hydrogens (primary N) is 1. The number of hydrogen-bond acceptors (Lipinski definition) is 3. The second-order valence-electron chi connectivity index (χ2n) is 5.35. The summed E-state index contributed by atoms with van der Waals surface area (Å²) in [5.41, 5.74) is 6.29. The van der Waals surface area contributed by atoms with E-state index >= 15 is 0 Å². The first kappa shape index (κ1) is 14.9. The lowest BCUT2D eigenvalue weighted by Crippen LogP contribution is -2.52. The Kier molecular flexibility index (Phi) is 4.73. The summed E-state index contributed by atoms with van der Waals surface area (Å²) >= 11 is 0. The zero-order valence-electron chi connectivity index (χ0n) is 11.7. The van der Waals surface area contributed by atoms with Crippen LogP contribution in [0.5, 0.6) is 0 Å². The summed E-state index contributed by atoms with van der Waals surface area (Å²) in [4.78, 5) is 12.1. The van der Waals surface area contributed by atoms with E-state index < -0.39 is 11.6 Å². The topological polar surface area (TPSA) is 64.3 Å². The maximum Gasteiger partial charge on any atom is 0.239 e. The number of halogens is 1. The van der Waals surface area contributed by atoms with E-state index in [0.717, 1.165) is 31.2 Å². The minimum Gasteiger partial charge on any atom is -0.383 e. The zero-order valence-corrected chi connectivity index (χ0v) is 11.7.